The molecule has 0 aliphatic carbocycles. The number of hydrogen-bond donors (Lipinski definition) is 2. The third-order valence-electron chi connectivity index (χ3n) is 4.89. The van der Waals surface area contributed by atoms with E-state index in [1.54, 1.807) is 0 Å². The van der Waals surface area contributed by atoms with Crippen LogP contribution in [0.5, 0.6) is 0 Å². The van der Waals surface area contributed by atoms with Gasteiger partial charge in [0.05, 0.1) is 32.0 Å². The molecule has 3 aromatic carbocycles. The molecule has 0 aromatic heterocycles. The third-order valence-corrected chi connectivity index (χ3v) is 4.89. The lowest BCUT2D eigenvalue weighted by Gasteiger charge is -2.37. The first-order chi connectivity index (χ1) is 14.4. The summed E-state index contributed by atoms with van der Waals surface area (Å²) in [5.74, 6) is 0. The molecule has 0 bridgehead atoms. The van der Waals surface area contributed by atoms with Crippen LogP contribution in [0.1, 0.15) is 16.7 Å². The van der Waals surface area contributed by atoms with Crippen LogP contribution >= 0.6 is 0 Å². The van der Waals surface area contributed by atoms with Gasteiger partial charge in [-0.05, 0) is 16.7 Å². The molecule has 0 radical (unpaired) electrons. The largest absolute Gasteiger partial charge is 0.378 e. The highest BCUT2D eigenvalue weighted by Gasteiger charge is 2.35. The van der Waals surface area contributed by atoms with Gasteiger partial charge >= 0.3 is 0 Å². The fourth-order valence-electron chi connectivity index (χ4n) is 3.59. The van der Waals surface area contributed by atoms with Crippen molar-refractivity contribution >= 4 is 0 Å². The Bertz CT molecular complexity index is 713. The van der Waals surface area contributed by atoms with Crippen molar-refractivity contribution in [3.63, 3.8) is 0 Å². The van der Waals surface area contributed by atoms with E-state index in [-0.39, 0.29) is 0 Å². The van der Waals surface area contributed by atoms with E-state index in [9.17, 15) is 0 Å². The third kappa shape index (κ3) is 5.52. The number of benzene rings is 3. The minimum Gasteiger partial charge on any atom is -0.378 e. The highest BCUT2D eigenvalue weighted by molar-refractivity contribution is 5.49. The number of nitrogens with one attached hydrogen (secondary N) is 1. The van der Waals surface area contributed by atoms with Crippen LogP contribution in [-0.2, 0) is 15.0 Å². The first-order valence-electron chi connectivity index (χ1n) is 10.1. The predicted octanol–water partition coefficient (Wildman–Crippen LogP) is 3.56. The summed E-state index contributed by atoms with van der Waals surface area (Å²) in [4.78, 5) is 0. The molecule has 0 unspecified atom stereocenters. The van der Waals surface area contributed by atoms with Crippen LogP contribution < -0.4 is 11.1 Å². The Morgan fingerprint density at radius 3 is 1.41 bits per heavy atom. The van der Waals surface area contributed by atoms with E-state index in [1.807, 2.05) is 0 Å². The van der Waals surface area contributed by atoms with Crippen molar-refractivity contribution < 1.29 is 9.47 Å². The topological polar surface area (TPSA) is 56.5 Å². The Labute approximate surface area is 173 Å². The summed E-state index contributed by atoms with van der Waals surface area (Å²) in [6, 6.07) is 31.7. The second-order valence-electron chi connectivity index (χ2n) is 6.79. The molecular weight excluding hydrogens is 360 g/mol. The Morgan fingerprint density at radius 2 is 1.00 bits per heavy atom. The van der Waals surface area contributed by atoms with E-state index in [2.05, 4.69) is 96.3 Å². The van der Waals surface area contributed by atoms with Crippen molar-refractivity contribution in [3.05, 3.63) is 108 Å². The van der Waals surface area contributed by atoms with Gasteiger partial charge in [0.2, 0.25) is 0 Å². The molecule has 3 aromatic rings. The molecule has 4 heteroatoms. The van der Waals surface area contributed by atoms with Gasteiger partial charge in [0, 0.05) is 13.1 Å². The Morgan fingerprint density at radius 1 is 0.586 bits per heavy atom. The maximum Gasteiger partial charge on any atom is 0.0948 e. The van der Waals surface area contributed by atoms with E-state index in [0.717, 1.165) is 0 Å². The van der Waals surface area contributed by atoms with Gasteiger partial charge in [0.15, 0.2) is 0 Å². The van der Waals surface area contributed by atoms with Crippen LogP contribution in [0.3, 0.4) is 0 Å². The molecule has 0 saturated carbocycles. The molecule has 0 fully saturated rings. The second-order valence-corrected chi connectivity index (χ2v) is 6.79. The first kappa shape index (κ1) is 21.2. The quantitative estimate of drug-likeness (QED) is 0.367. The van der Waals surface area contributed by atoms with Gasteiger partial charge in [-0.1, -0.05) is 91.0 Å². The highest BCUT2D eigenvalue weighted by Crippen LogP contribution is 2.36. The molecular formula is C25H30N2O2. The van der Waals surface area contributed by atoms with E-state index >= 15 is 0 Å². The SMILES string of the molecule is NCCOCCOCCNC(c1ccccc1)(c1ccccc1)c1ccccc1. The zero-order chi connectivity index (χ0) is 20.2. The molecule has 0 spiro atoms. The summed E-state index contributed by atoms with van der Waals surface area (Å²) >= 11 is 0. The fourth-order valence-corrected chi connectivity index (χ4v) is 3.59. The minimum absolute atomic E-state index is 0.455. The van der Waals surface area contributed by atoms with Crippen LogP contribution in [0.15, 0.2) is 91.0 Å². The summed E-state index contributed by atoms with van der Waals surface area (Å²) in [6.45, 7) is 3.54. The van der Waals surface area contributed by atoms with Crippen LogP contribution in [-0.4, -0.2) is 39.5 Å². The van der Waals surface area contributed by atoms with Gasteiger partial charge < -0.3 is 15.2 Å². The summed E-state index contributed by atoms with van der Waals surface area (Å²) in [6.07, 6.45) is 0. The molecule has 152 valence electrons. The van der Waals surface area contributed by atoms with E-state index < -0.39 is 5.54 Å². The molecule has 3 rings (SSSR count). The molecule has 0 saturated heterocycles. The number of nitrogens with two attached hydrogens (primary N) is 1. The minimum atomic E-state index is -0.455. The number of ether oxygens (including phenoxy) is 2. The molecule has 0 aliphatic rings. The summed E-state index contributed by atoms with van der Waals surface area (Å²) in [5.41, 5.74) is 8.57. The van der Waals surface area contributed by atoms with Gasteiger partial charge in [-0.2, -0.15) is 0 Å². The van der Waals surface area contributed by atoms with Crippen molar-refractivity contribution in [1.29, 1.82) is 0 Å². The predicted molar refractivity (Wildman–Crippen MR) is 118 cm³/mol. The van der Waals surface area contributed by atoms with E-state index in [0.29, 0.717) is 39.5 Å². The Hall–Kier alpha value is -2.50. The van der Waals surface area contributed by atoms with E-state index in [1.165, 1.54) is 16.7 Å². The molecule has 0 aliphatic heterocycles. The van der Waals surface area contributed by atoms with Gasteiger partial charge in [-0.25, -0.2) is 0 Å². The molecule has 0 amide bonds. The highest BCUT2D eigenvalue weighted by atomic mass is 16.5. The zero-order valence-electron chi connectivity index (χ0n) is 16.8. The maximum atomic E-state index is 5.75. The van der Waals surface area contributed by atoms with Crippen molar-refractivity contribution in [2.45, 2.75) is 5.54 Å². The van der Waals surface area contributed by atoms with Crippen molar-refractivity contribution in [1.82, 2.24) is 5.32 Å². The lowest BCUT2D eigenvalue weighted by Crippen LogP contribution is -2.46. The van der Waals surface area contributed by atoms with Crippen LogP contribution in [0.2, 0.25) is 0 Å². The molecule has 3 N–H and O–H groups in total. The molecule has 29 heavy (non-hydrogen) atoms. The molecule has 0 atom stereocenters. The van der Waals surface area contributed by atoms with Gasteiger partial charge in [0.25, 0.3) is 0 Å². The standard InChI is InChI=1S/C25H30N2O2/c26-16-18-28-20-21-29-19-17-27-25(22-10-4-1-5-11-22,23-12-6-2-7-13-23)24-14-8-3-9-15-24/h1-15,27H,16-21,26H2. The lowest BCUT2D eigenvalue weighted by molar-refractivity contribution is 0.0507. The monoisotopic (exact) mass is 390 g/mol. The first-order valence-corrected chi connectivity index (χ1v) is 10.1. The molecule has 0 heterocycles. The van der Waals surface area contributed by atoms with Gasteiger partial charge in [-0.3, -0.25) is 5.32 Å². The summed E-state index contributed by atoms with van der Waals surface area (Å²) in [7, 11) is 0. The van der Waals surface area contributed by atoms with Crippen LogP contribution in [0.4, 0.5) is 0 Å². The Balaban J connectivity index is 1.83. The van der Waals surface area contributed by atoms with Gasteiger partial charge in [0.1, 0.15) is 0 Å². The van der Waals surface area contributed by atoms with Crippen molar-refractivity contribution in [2.24, 2.45) is 5.73 Å². The summed E-state index contributed by atoms with van der Waals surface area (Å²) < 4.78 is 11.1. The van der Waals surface area contributed by atoms with Crippen LogP contribution in [0.25, 0.3) is 0 Å². The average molecular weight is 391 g/mol. The van der Waals surface area contributed by atoms with E-state index in [4.69, 9.17) is 15.2 Å². The smallest absolute Gasteiger partial charge is 0.0948 e. The Kier molecular flexibility index (Phi) is 8.40. The fraction of sp³-hybridized carbons (Fsp3) is 0.280. The van der Waals surface area contributed by atoms with Crippen molar-refractivity contribution in [2.75, 3.05) is 39.5 Å². The normalized spacial score (nSPS) is 11.5. The van der Waals surface area contributed by atoms with Crippen molar-refractivity contribution in [3.8, 4) is 0 Å². The summed E-state index contributed by atoms with van der Waals surface area (Å²) in [5, 5.41) is 3.80. The van der Waals surface area contributed by atoms with Crippen LogP contribution in [0, 0.1) is 0 Å². The maximum absolute atomic E-state index is 5.75. The average Bonchev–Trinajstić information content (AvgIpc) is 2.80. The number of rotatable bonds is 12. The van der Waals surface area contributed by atoms with Gasteiger partial charge in [-0.15, -0.1) is 0 Å². The second kappa shape index (κ2) is 11.5. The lowest BCUT2D eigenvalue weighted by atomic mass is 9.77. The zero-order valence-corrected chi connectivity index (χ0v) is 16.8. The molecule has 4 nitrogen and oxygen atoms in total. The number of hydrogen-bond acceptors (Lipinski definition) is 4.